The Balaban J connectivity index is 2.53. The number of rotatable bonds is 6. The molecule has 0 aromatic heterocycles. The van der Waals surface area contributed by atoms with E-state index in [2.05, 4.69) is 38.3 Å². The number of anilines is 1. The van der Waals surface area contributed by atoms with Gasteiger partial charge in [0.05, 0.1) is 0 Å². The zero-order valence-corrected chi connectivity index (χ0v) is 12.2. The number of carbonyl (C=O) groups excluding carboxylic acids is 1. The van der Waals surface area contributed by atoms with E-state index in [1.165, 1.54) is 5.56 Å². The van der Waals surface area contributed by atoms with Gasteiger partial charge in [0.15, 0.2) is 0 Å². The van der Waals surface area contributed by atoms with Gasteiger partial charge in [-0.1, -0.05) is 32.9 Å². The molecule has 0 spiro atoms. The third kappa shape index (κ3) is 5.30. The zero-order valence-electron chi connectivity index (χ0n) is 12.2. The summed E-state index contributed by atoms with van der Waals surface area (Å²) < 4.78 is 0. The number of nitrogens with one attached hydrogen (secondary N) is 2. The van der Waals surface area contributed by atoms with Gasteiger partial charge in [0.1, 0.15) is 0 Å². The molecule has 0 aliphatic rings. The largest absolute Gasteiger partial charge is 0.351 e. The van der Waals surface area contributed by atoms with Gasteiger partial charge in [-0.2, -0.15) is 0 Å². The number of carbonyl (C=O) groups is 1. The van der Waals surface area contributed by atoms with Gasteiger partial charge in [-0.3, -0.25) is 0 Å². The van der Waals surface area contributed by atoms with Crippen molar-refractivity contribution in [2.75, 3.05) is 11.9 Å². The van der Waals surface area contributed by atoms with Crippen LogP contribution in [0.4, 0.5) is 10.5 Å². The van der Waals surface area contributed by atoms with E-state index in [0.717, 1.165) is 12.2 Å². The quantitative estimate of drug-likeness (QED) is 0.738. The predicted octanol–water partition coefficient (Wildman–Crippen LogP) is 3.12. The number of hydrogen-bond acceptors (Lipinski definition) is 2. The van der Waals surface area contributed by atoms with Crippen LogP contribution in [0.3, 0.4) is 0 Å². The monoisotopic (exact) mass is 263 g/mol. The second kappa shape index (κ2) is 7.14. The minimum atomic E-state index is -0.537. The van der Waals surface area contributed by atoms with Gasteiger partial charge in [0.25, 0.3) is 0 Å². The maximum atomic E-state index is 10.7. The highest BCUT2D eigenvalue weighted by atomic mass is 16.2. The van der Waals surface area contributed by atoms with Crippen molar-refractivity contribution in [3.8, 4) is 0 Å². The van der Waals surface area contributed by atoms with Crippen LogP contribution >= 0.6 is 0 Å². The minimum absolute atomic E-state index is 0.295. The van der Waals surface area contributed by atoms with E-state index < -0.39 is 6.03 Å². The number of primary amides is 1. The molecule has 1 rings (SSSR count). The Morgan fingerprint density at radius 1 is 1.16 bits per heavy atom. The maximum Gasteiger partial charge on any atom is 0.316 e. The molecule has 1 aromatic carbocycles. The molecule has 0 saturated heterocycles. The molecule has 2 atom stereocenters. The Morgan fingerprint density at radius 3 is 2.21 bits per heavy atom. The SMILES string of the molecule is CC(NCC(C)C(C)C)c1ccc(NC(N)=O)cc1. The van der Waals surface area contributed by atoms with Crippen LogP contribution in [0.2, 0.25) is 0 Å². The Kier molecular flexibility index (Phi) is 5.83. The van der Waals surface area contributed by atoms with Crippen LogP contribution in [0, 0.1) is 11.8 Å². The summed E-state index contributed by atoms with van der Waals surface area (Å²) in [6.45, 7) is 9.87. The van der Waals surface area contributed by atoms with Crippen molar-refractivity contribution in [2.24, 2.45) is 17.6 Å². The van der Waals surface area contributed by atoms with Crippen molar-refractivity contribution in [1.29, 1.82) is 0 Å². The molecule has 0 aliphatic carbocycles. The fraction of sp³-hybridized carbons (Fsp3) is 0.533. The van der Waals surface area contributed by atoms with Crippen LogP contribution in [0.25, 0.3) is 0 Å². The van der Waals surface area contributed by atoms with E-state index in [4.69, 9.17) is 5.73 Å². The summed E-state index contributed by atoms with van der Waals surface area (Å²) in [5.74, 6) is 1.33. The zero-order chi connectivity index (χ0) is 14.4. The van der Waals surface area contributed by atoms with Crippen LogP contribution < -0.4 is 16.4 Å². The fourth-order valence-corrected chi connectivity index (χ4v) is 1.71. The molecule has 4 N–H and O–H groups in total. The molecule has 0 bridgehead atoms. The van der Waals surface area contributed by atoms with Crippen molar-refractivity contribution in [2.45, 2.75) is 33.7 Å². The summed E-state index contributed by atoms with van der Waals surface area (Å²) in [7, 11) is 0. The van der Waals surface area contributed by atoms with Crippen molar-refractivity contribution in [3.63, 3.8) is 0 Å². The molecular formula is C15H25N3O. The van der Waals surface area contributed by atoms with E-state index in [1.807, 2.05) is 24.3 Å². The van der Waals surface area contributed by atoms with Gasteiger partial charge in [0.2, 0.25) is 0 Å². The van der Waals surface area contributed by atoms with Crippen LogP contribution in [0.5, 0.6) is 0 Å². The summed E-state index contributed by atoms with van der Waals surface area (Å²) in [6.07, 6.45) is 0. The van der Waals surface area contributed by atoms with E-state index in [1.54, 1.807) is 0 Å². The van der Waals surface area contributed by atoms with Crippen molar-refractivity contribution in [3.05, 3.63) is 29.8 Å². The Bertz CT molecular complexity index is 400. The first-order valence-electron chi connectivity index (χ1n) is 6.80. The normalized spacial score (nSPS) is 14.2. The molecule has 2 amide bonds. The van der Waals surface area contributed by atoms with Gasteiger partial charge in [-0.05, 0) is 43.0 Å². The Hall–Kier alpha value is -1.55. The predicted molar refractivity (Wildman–Crippen MR) is 80.1 cm³/mol. The molecule has 4 heteroatoms. The number of nitrogens with two attached hydrogens (primary N) is 1. The second-order valence-corrected chi connectivity index (χ2v) is 5.46. The molecule has 2 unspecified atom stereocenters. The lowest BCUT2D eigenvalue weighted by atomic mass is 9.97. The molecule has 0 fully saturated rings. The summed E-state index contributed by atoms with van der Waals surface area (Å²) >= 11 is 0. The molecule has 4 nitrogen and oxygen atoms in total. The van der Waals surface area contributed by atoms with Gasteiger partial charge in [-0.15, -0.1) is 0 Å². The Morgan fingerprint density at radius 2 is 1.74 bits per heavy atom. The summed E-state index contributed by atoms with van der Waals surface area (Å²) in [6, 6.07) is 7.49. The van der Waals surface area contributed by atoms with E-state index in [0.29, 0.717) is 17.9 Å². The van der Waals surface area contributed by atoms with Crippen LogP contribution in [-0.2, 0) is 0 Å². The van der Waals surface area contributed by atoms with Crippen LogP contribution in [-0.4, -0.2) is 12.6 Å². The highest BCUT2D eigenvalue weighted by molar-refractivity contribution is 5.87. The van der Waals surface area contributed by atoms with E-state index in [-0.39, 0.29) is 0 Å². The molecular weight excluding hydrogens is 238 g/mol. The highest BCUT2D eigenvalue weighted by Gasteiger charge is 2.10. The van der Waals surface area contributed by atoms with Crippen LogP contribution in [0.15, 0.2) is 24.3 Å². The molecule has 1 aromatic rings. The van der Waals surface area contributed by atoms with Gasteiger partial charge in [0, 0.05) is 11.7 Å². The molecule has 106 valence electrons. The van der Waals surface area contributed by atoms with Gasteiger partial charge >= 0.3 is 6.03 Å². The molecule has 19 heavy (non-hydrogen) atoms. The van der Waals surface area contributed by atoms with Crippen molar-refractivity contribution >= 4 is 11.7 Å². The summed E-state index contributed by atoms with van der Waals surface area (Å²) in [4.78, 5) is 10.7. The molecule has 0 heterocycles. The van der Waals surface area contributed by atoms with Crippen LogP contribution in [0.1, 0.15) is 39.3 Å². The van der Waals surface area contributed by atoms with E-state index in [9.17, 15) is 4.79 Å². The lowest BCUT2D eigenvalue weighted by Gasteiger charge is -2.20. The number of amides is 2. The minimum Gasteiger partial charge on any atom is -0.351 e. The standard InChI is InChI=1S/C15H25N3O/c1-10(2)11(3)9-17-12(4)13-5-7-14(8-6-13)18-15(16)19/h5-8,10-12,17H,9H2,1-4H3,(H3,16,18,19). The summed E-state index contributed by atoms with van der Waals surface area (Å²) in [5.41, 5.74) is 6.99. The lowest BCUT2D eigenvalue weighted by Crippen LogP contribution is -2.26. The average molecular weight is 263 g/mol. The molecule has 0 aliphatic heterocycles. The second-order valence-electron chi connectivity index (χ2n) is 5.46. The van der Waals surface area contributed by atoms with Crippen molar-refractivity contribution in [1.82, 2.24) is 5.32 Å². The first-order chi connectivity index (χ1) is 8.90. The third-order valence-electron chi connectivity index (χ3n) is 3.56. The number of hydrogen-bond donors (Lipinski definition) is 3. The molecule has 0 saturated carbocycles. The van der Waals surface area contributed by atoms with Gasteiger partial charge < -0.3 is 16.4 Å². The third-order valence-corrected chi connectivity index (χ3v) is 3.56. The van der Waals surface area contributed by atoms with Gasteiger partial charge in [-0.25, -0.2) is 4.79 Å². The number of urea groups is 1. The molecule has 0 radical (unpaired) electrons. The first-order valence-corrected chi connectivity index (χ1v) is 6.80. The number of benzene rings is 1. The summed E-state index contributed by atoms with van der Waals surface area (Å²) in [5, 5.41) is 6.08. The lowest BCUT2D eigenvalue weighted by molar-refractivity contribution is 0.259. The topological polar surface area (TPSA) is 67.2 Å². The first kappa shape index (κ1) is 15.5. The maximum absolute atomic E-state index is 10.7. The fourth-order valence-electron chi connectivity index (χ4n) is 1.71. The smallest absolute Gasteiger partial charge is 0.316 e. The highest BCUT2D eigenvalue weighted by Crippen LogP contribution is 2.17. The van der Waals surface area contributed by atoms with Crippen molar-refractivity contribution < 1.29 is 4.79 Å². The Labute approximate surface area is 115 Å². The van der Waals surface area contributed by atoms with E-state index >= 15 is 0 Å². The average Bonchev–Trinajstić information content (AvgIpc) is 2.35.